The minimum absolute atomic E-state index is 0.00784. The highest BCUT2D eigenvalue weighted by atomic mass is 32.2. The summed E-state index contributed by atoms with van der Waals surface area (Å²) in [5, 5.41) is 6.03. The number of rotatable bonds is 6. The number of benzene rings is 3. The van der Waals surface area contributed by atoms with Gasteiger partial charge in [-0.3, -0.25) is 4.79 Å². The number of para-hydroxylation sites is 3. The zero-order valence-corrected chi connectivity index (χ0v) is 18.4. The second-order valence-corrected chi connectivity index (χ2v) is 8.75. The van der Waals surface area contributed by atoms with E-state index >= 15 is 0 Å². The molecule has 0 fully saturated rings. The van der Waals surface area contributed by atoms with Gasteiger partial charge in [0, 0.05) is 34.0 Å². The van der Waals surface area contributed by atoms with Crippen LogP contribution in [0, 0.1) is 0 Å². The van der Waals surface area contributed by atoms with Crippen LogP contribution in [0.25, 0.3) is 32.8 Å². The molecule has 0 saturated carbocycles. The number of aryl methyl sites for hydroxylation is 1. The monoisotopic (exact) mass is 428 g/mol. The first-order chi connectivity index (χ1) is 15.2. The van der Waals surface area contributed by atoms with Crippen LogP contribution >= 0.6 is 11.8 Å². The lowest BCUT2D eigenvalue weighted by molar-refractivity contribution is -0.115. The van der Waals surface area contributed by atoms with Crippen molar-refractivity contribution < 1.29 is 4.79 Å². The normalized spacial score (nSPS) is 12.6. The zero-order chi connectivity index (χ0) is 21.4. The fourth-order valence-corrected chi connectivity index (χ4v) is 5.06. The van der Waals surface area contributed by atoms with Crippen molar-refractivity contribution >= 4 is 56.2 Å². The van der Waals surface area contributed by atoms with Gasteiger partial charge in [-0.05, 0) is 49.7 Å². The Morgan fingerprint density at radius 3 is 2.61 bits per heavy atom. The van der Waals surface area contributed by atoms with Crippen LogP contribution in [0.4, 0.5) is 5.69 Å². The van der Waals surface area contributed by atoms with E-state index in [0.29, 0.717) is 6.42 Å². The molecule has 0 spiro atoms. The summed E-state index contributed by atoms with van der Waals surface area (Å²) in [6.45, 7) is 5.09. The first kappa shape index (κ1) is 19.7. The Kier molecular flexibility index (Phi) is 5.16. The van der Waals surface area contributed by atoms with E-state index < -0.39 is 0 Å². The van der Waals surface area contributed by atoms with E-state index in [9.17, 15) is 4.79 Å². The summed E-state index contributed by atoms with van der Waals surface area (Å²) in [5.41, 5.74) is 5.12. The van der Waals surface area contributed by atoms with Crippen molar-refractivity contribution in [3.05, 3.63) is 66.7 Å². The molecule has 6 heteroatoms. The van der Waals surface area contributed by atoms with Gasteiger partial charge in [0.2, 0.25) is 5.91 Å². The van der Waals surface area contributed by atoms with E-state index in [-0.39, 0.29) is 11.2 Å². The SMILES string of the molecule is CCC(Sc1nc2ccccc2[nH]1)C(=O)Nc1ccc2c(c1)c1ccccc1n2CC. The predicted octanol–water partition coefficient (Wildman–Crippen LogP) is 6.20. The molecule has 1 amide bonds. The van der Waals surface area contributed by atoms with Gasteiger partial charge in [-0.15, -0.1) is 0 Å². The van der Waals surface area contributed by atoms with Crippen LogP contribution in [-0.2, 0) is 11.3 Å². The number of H-pyrrole nitrogens is 1. The number of nitrogens with zero attached hydrogens (tertiary/aromatic N) is 2. The maximum absolute atomic E-state index is 13.0. The van der Waals surface area contributed by atoms with Crippen molar-refractivity contribution in [1.29, 1.82) is 0 Å². The summed E-state index contributed by atoms with van der Waals surface area (Å²) in [7, 11) is 0. The van der Waals surface area contributed by atoms with Crippen LogP contribution in [0.5, 0.6) is 0 Å². The van der Waals surface area contributed by atoms with Crippen molar-refractivity contribution in [3.8, 4) is 0 Å². The average Bonchev–Trinajstić information content (AvgIpc) is 3.35. The van der Waals surface area contributed by atoms with Gasteiger partial charge in [0.25, 0.3) is 0 Å². The van der Waals surface area contributed by atoms with Crippen molar-refractivity contribution in [2.75, 3.05) is 5.32 Å². The standard InChI is InChI=1S/C25H24N4OS/c1-3-23(31-25-27-19-10-6-7-11-20(19)28-25)24(30)26-16-13-14-22-18(15-16)17-9-5-8-12-21(17)29(22)4-2/h5-15,23H,3-4H2,1-2H3,(H,26,30)(H,27,28). The van der Waals surface area contributed by atoms with Gasteiger partial charge >= 0.3 is 0 Å². The maximum atomic E-state index is 13.0. The molecule has 0 radical (unpaired) electrons. The van der Waals surface area contributed by atoms with E-state index in [2.05, 4.69) is 63.2 Å². The first-order valence-corrected chi connectivity index (χ1v) is 11.5. The van der Waals surface area contributed by atoms with Crippen molar-refractivity contribution in [2.24, 2.45) is 0 Å². The third-order valence-electron chi connectivity index (χ3n) is 5.64. The Bertz CT molecular complexity index is 1370. The summed E-state index contributed by atoms with van der Waals surface area (Å²) in [5.74, 6) is -0.00784. The van der Waals surface area contributed by atoms with Crippen LogP contribution in [0.1, 0.15) is 20.3 Å². The van der Waals surface area contributed by atoms with E-state index in [1.165, 1.54) is 28.2 Å². The molecule has 0 aliphatic rings. The maximum Gasteiger partial charge on any atom is 0.237 e. The number of amides is 1. The zero-order valence-electron chi connectivity index (χ0n) is 17.6. The molecule has 31 heavy (non-hydrogen) atoms. The van der Waals surface area contributed by atoms with Crippen molar-refractivity contribution in [3.63, 3.8) is 0 Å². The second kappa shape index (κ2) is 8.12. The highest BCUT2D eigenvalue weighted by molar-refractivity contribution is 8.00. The van der Waals surface area contributed by atoms with Crippen LogP contribution < -0.4 is 5.32 Å². The lowest BCUT2D eigenvalue weighted by atomic mass is 10.1. The fourth-order valence-electron chi connectivity index (χ4n) is 4.14. The van der Waals surface area contributed by atoms with Gasteiger partial charge in [-0.1, -0.05) is 49.0 Å². The van der Waals surface area contributed by atoms with Crippen LogP contribution in [0.3, 0.4) is 0 Å². The summed E-state index contributed by atoms with van der Waals surface area (Å²) in [4.78, 5) is 20.9. The third-order valence-corrected chi connectivity index (χ3v) is 6.89. The summed E-state index contributed by atoms with van der Waals surface area (Å²) in [6.07, 6.45) is 0.713. The van der Waals surface area contributed by atoms with Gasteiger partial charge in [0.05, 0.1) is 16.3 Å². The minimum atomic E-state index is -0.228. The molecule has 1 unspecified atom stereocenters. The molecule has 3 aromatic carbocycles. The Labute approximate surface area is 184 Å². The van der Waals surface area contributed by atoms with E-state index in [1.54, 1.807) is 0 Å². The van der Waals surface area contributed by atoms with E-state index in [1.807, 2.05) is 37.3 Å². The van der Waals surface area contributed by atoms with Crippen molar-refractivity contribution in [1.82, 2.24) is 14.5 Å². The molecule has 0 bridgehead atoms. The van der Waals surface area contributed by atoms with Gasteiger partial charge < -0.3 is 14.9 Å². The smallest absolute Gasteiger partial charge is 0.237 e. The number of aromatic amines is 1. The van der Waals surface area contributed by atoms with Gasteiger partial charge in [-0.25, -0.2) is 4.98 Å². The van der Waals surface area contributed by atoms with Crippen LogP contribution in [-0.4, -0.2) is 25.7 Å². The number of hydrogen-bond donors (Lipinski definition) is 2. The Morgan fingerprint density at radius 1 is 1.03 bits per heavy atom. The van der Waals surface area contributed by atoms with Gasteiger partial charge in [-0.2, -0.15) is 0 Å². The number of carbonyl (C=O) groups is 1. The molecular formula is C25H24N4OS. The number of aromatic nitrogens is 3. The number of anilines is 1. The summed E-state index contributed by atoms with van der Waals surface area (Å²) >= 11 is 1.47. The number of fused-ring (bicyclic) bond motifs is 4. The molecule has 0 aliphatic carbocycles. The summed E-state index contributed by atoms with van der Waals surface area (Å²) < 4.78 is 2.31. The number of thioether (sulfide) groups is 1. The molecule has 1 atom stereocenters. The number of hydrogen-bond acceptors (Lipinski definition) is 3. The number of imidazole rings is 1. The third kappa shape index (κ3) is 3.57. The molecule has 2 heterocycles. The average molecular weight is 429 g/mol. The molecule has 5 aromatic rings. The molecule has 2 N–H and O–H groups in total. The van der Waals surface area contributed by atoms with Gasteiger partial charge in [0.15, 0.2) is 5.16 Å². The van der Waals surface area contributed by atoms with E-state index in [0.717, 1.165) is 33.8 Å². The van der Waals surface area contributed by atoms with Crippen molar-refractivity contribution in [2.45, 2.75) is 37.2 Å². The number of nitrogens with one attached hydrogen (secondary N) is 2. The minimum Gasteiger partial charge on any atom is -0.341 e. The van der Waals surface area contributed by atoms with Gasteiger partial charge in [0.1, 0.15) is 0 Å². The Balaban J connectivity index is 1.41. The molecular weight excluding hydrogens is 404 g/mol. The topological polar surface area (TPSA) is 62.7 Å². The lowest BCUT2D eigenvalue weighted by Crippen LogP contribution is -2.24. The van der Waals surface area contributed by atoms with Crippen LogP contribution in [0.2, 0.25) is 0 Å². The first-order valence-electron chi connectivity index (χ1n) is 10.6. The predicted molar refractivity (Wildman–Crippen MR) is 130 cm³/mol. The number of carbonyl (C=O) groups excluding carboxylic acids is 1. The largest absolute Gasteiger partial charge is 0.341 e. The van der Waals surface area contributed by atoms with E-state index in [4.69, 9.17) is 0 Å². The molecule has 2 aromatic heterocycles. The highest BCUT2D eigenvalue weighted by Crippen LogP contribution is 2.32. The summed E-state index contributed by atoms with van der Waals surface area (Å²) in [6, 6.07) is 22.5. The fraction of sp³-hybridized carbons (Fsp3) is 0.200. The lowest BCUT2D eigenvalue weighted by Gasteiger charge is -2.13. The molecule has 156 valence electrons. The second-order valence-electron chi connectivity index (χ2n) is 7.56. The molecule has 5 rings (SSSR count). The molecule has 0 aliphatic heterocycles. The Hall–Kier alpha value is -3.25. The Morgan fingerprint density at radius 2 is 1.81 bits per heavy atom. The highest BCUT2D eigenvalue weighted by Gasteiger charge is 2.20. The van der Waals surface area contributed by atoms with Crippen LogP contribution in [0.15, 0.2) is 71.9 Å². The quantitative estimate of drug-likeness (QED) is 0.317. The molecule has 0 saturated heterocycles. The molecule has 5 nitrogen and oxygen atoms in total.